The average molecular weight is 449 g/mol. The lowest BCUT2D eigenvalue weighted by atomic mass is 9.89. The van der Waals surface area contributed by atoms with E-state index in [9.17, 15) is 9.59 Å². The number of rotatable bonds is 7. The number of fused-ring (bicyclic) bond motifs is 1. The fourth-order valence-electron chi connectivity index (χ4n) is 4.24. The largest absolute Gasteiger partial charge is 0.489 e. The van der Waals surface area contributed by atoms with Crippen LogP contribution in [-0.4, -0.2) is 41.1 Å². The topological polar surface area (TPSA) is 113 Å². The molecule has 2 aromatic carbocycles. The van der Waals surface area contributed by atoms with Crippen LogP contribution in [0.15, 0.2) is 54.6 Å². The molecule has 0 unspecified atom stereocenters. The zero-order valence-electron chi connectivity index (χ0n) is 18.5. The first-order chi connectivity index (χ1) is 16.0. The van der Waals surface area contributed by atoms with Gasteiger partial charge in [0.2, 0.25) is 5.91 Å². The summed E-state index contributed by atoms with van der Waals surface area (Å²) in [5, 5.41) is 16.1. The summed E-state index contributed by atoms with van der Waals surface area (Å²) in [6.45, 7) is 3.72. The maximum atomic E-state index is 12.8. The van der Waals surface area contributed by atoms with Gasteiger partial charge >= 0.3 is 0 Å². The molecular weight excluding hydrogens is 420 g/mol. The highest BCUT2D eigenvalue weighted by Gasteiger charge is 2.28. The second-order valence-electron chi connectivity index (χ2n) is 8.32. The zero-order valence-corrected chi connectivity index (χ0v) is 18.5. The number of hydrogen-bond acceptors (Lipinski definition) is 6. The Kier molecular flexibility index (Phi) is 7.16. The molecule has 172 valence electrons. The van der Waals surface area contributed by atoms with Gasteiger partial charge in [0, 0.05) is 41.2 Å². The molecule has 2 heterocycles. The minimum atomic E-state index is -0.445. The quantitative estimate of drug-likeness (QED) is 0.327. The van der Waals surface area contributed by atoms with Gasteiger partial charge in [0.05, 0.1) is 5.52 Å². The van der Waals surface area contributed by atoms with Crippen molar-refractivity contribution < 1.29 is 19.5 Å². The Labute approximate surface area is 192 Å². The molecule has 3 aromatic rings. The number of carbonyl (C=O) groups excluding carboxylic acids is 2. The van der Waals surface area contributed by atoms with Gasteiger partial charge < -0.3 is 15.4 Å². The number of piperidine rings is 1. The lowest BCUT2D eigenvalue weighted by Gasteiger charge is -2.32. The van der Waals surface area contributed by atoms with Crippen molar-refractivity contribution in [1.82, 2.24) is 21.1 Å². The molecule has 33 heavy (non-hydrogen) atoms. The van der Waals surface area contributed by atoms with E-state index >= 15 is 0 Å². The zero-order chi connectivity index (χ0) is 23.2. The minimum Gasteiger partial charge on any atom is -0.489 e. The number of carbonyl (C=O) groups is 2. The molecule has 0 spiro atoms. The first-order valence-electron chi connectivity index (χ1n) is 11.1. The van der Waals surface area contributed by atoms with Gasteiger partial charge in [-0.1, -0.05) is 18.2 Å². The van der Waals surface area contributed by atoms with Crippen molar-refractivity contribution in [3.05, 3.63) is 71.4 Å². The molecule has 4 N–H and O–H groups in total. The van der Waals surface area contributed by atoms with Gasteiger partial charge in [-0.2, -0.15) is 0 Å². The number of benzene rings is 2. The van der Waals surface area contributed by atoms with Crippen LogP contribution in [0.25, 0.3) is 10.9 Å². The van der Waals surface area contributed by atoms with E-state index in [-0.39, 0.29) is 24.3 Å². The van der Waals surface area contributed by atoms with E-state index in [4.69, 9.17) is 9.94 Å². The Morgan fingerprint density at radius 3 is 2.76 bits per heavy atom. The van der Waals surface area contributed by atoms with Crippen molar-refractivity contribution in [3.8, 4) is 5.75 Å². The maximum absolute atomic E-state index is 12.8. The van der Waals surface area contributed by atoms with Gasteiger partial charge in [0.15, 0.2) is 0 Å². The predicted octanol–water partition coefficient (Wildman–Crippen LogP) is 2.73. The van der Waals surface area contributed by atoms with Gasteiger partial charge in [-0.05, 0) is 62.2 Å². The normalized spacial score (nSPS) is 18.0. The van der Waals surface area contributed by atoms with Crippen LogP contribution in [0.1, 0.15) is 34.5 Å². The minimum absolute atomic E-state index is 0.0383. The number of aryl methyl sites for hydroxylation is 1. The number of amides is 2. The molecule has 1 aromatic heterocycles. The number of nitrogens with one attached hydrogen (secondary N) is 3. The molecule has 2 atom stereocenters. The van der Waals surface area contributed by atoms with Crippen LogP contribution in [0.3, 0.4) is 0 Å². The first kappa shape index (κ1) is 22.7. The third-order valence-corrected chi connectivity index (χ3v) is 5.95. The smallest absolute Gasteiger partial charge is 0.251 e. The van der Waals surface area contributed by atoms with E-state index in [1.165, 1.54) is 0 Å². The van der Waals surface area contributed by atoms with Crippen LogP contribution in [0.4, 0.5) is 0 Å². The van der Waals surface area contributed by atoms with Crippen molar-refractivity contribution >= 4 is 22.7 Å². The van der Waals surface area contributed by atoms with Crippen molar-refractivity contribution in [2.24, 2.45) is 5.92 Å². The third-order valence-electron chi connectivity index (χ3n) is 5.95. The highest BCUT2D eigenvalue weighted by atomic mass is 16.5. The summed E-state index contributed by atoms with van der Waals surface area (Å²) in [5.74, 6) is -0.0225. The molecule has 1 aliphatic heterocycles. The number of aromatic nitrogens is 1. The predicted molar refractivity (Wildman–Crippen MR) is 124 cm³/mol. The summed E-state index contributed by atoms with van der Waals surface area (Å²) in [7, 11) is 0. The van der Waals surface area contributed by atoms with Gasteiger partial charge in [-0.25, -0.2) is 5.48 Å². The van der Waals surface area contributed by atoms with E-state index in [2.05, 4.69) is 15.6 Å². The summed E-state index contributed by atoms with van der Waals surface area (Å²) >= 11 is 0. The molecular formula is C25H28N4O4. The van der Waals surface area contributed by atoms with Gasteiger partial charge in [-0.15, -0.1) is 0 Å². The third kappa shape index (κ3) is 5.66. The fourth-order valence-corrected chi connectivity index (χ4v) is 4.24. The van der Waals surface area contributed by atoms with E-state index in [0.29, 0.717) is 24.5 Å². The van der Waals surface area contributed by atoms with Gasteiger partial charge in [0.1, 0.15) is 12.4 Å². The second kappa shape index (κ2) is 10.4. The summed E-state index contributed by atoms with van der Waals surface area (Å²) in [4.78, 5) is 28.9. The molecule has 0 bridgehead atoms. The number of pyridine rings is 1. The Morgan fingerprint density at radius 2 is 1.97 bits per heavy atom. The average Bonchev–Trinajstić information content (AvgIpc) is 2.83. The van der Waals surface area contributed by atoms with E-state index < -0.39 is 5.91 Å². The highest BCUT2D eigenvalue weighted by molar-refractivity contribution is 5.94. The first-order valence-corrected chi connectivity index (χ1v) is 11.1. The lowest BCUT2D eigenvalue weighted by Crippen LogP contribution is -2.52. The molecule has 1 saturated heterocycles. The van der Waals surface area contributed by atoms with Gasteiger partial charge in [-0.3, -0.25) is 19.8 Å². The molecule has 0 radical (unpaired) electrons. The molecule has 0 aliphatic carbocycles. The van der Waals surface area contributed by atoms with Crippen LogP contribution in [0.5, 0.6) is 5.75 Å². The monoisotopic (exact) mass is 448 g/mol. The van der Waals surface area contributed by atoms with Crippen molar-refractivity contribution in [3.63, 3.8) is 0 Å². The van der Waals surface area contributed by atoms with Crippen LogP contribution < -0.4 is 20.9 Å². The van der Waals surface area contributed by atoms with E-state index in [1.807, 2.05) is 37.3 Å². The number of hydrogen-bond donors (Lipinski definition) is 4. The summed E-state index contributed by atoms with van der Waals surface area (Å²) in [6.07, 6.45) is 0.910. The van der Waals surface area contributed by atoms with Crippen molar-refractivity contribution in [2.45, 2.75) is 32.4 Å². The highest BCUT2D eigenvalue weighted by Crippen LogP contribution is 2.22. The Bertz CT molecular complexity index is 1130. The number of nitrogens with zero attached hydrogens (tertiary/aromatic N) is 1. The Hall–Kier alpha value is -3.49. The molecule has 1 fully saturated rings. The molecule has 0 saturated carbocycles. The lowest BCUT2D eigenvalue weighted by molar-refractivity contribution is -0.130. The maximum Gasteiger partial charge on any atom is 0.251 e. The van der Waals surface area contributed by atoms with Crippen molar-refractivity contribution in [2.75, 3.05) is 13.1 Å². The Morgan fingerprint density at radius 1 is 1.18 bits per heavy atom. The molecule has 8 nitrogen and oxygen atoms in total. The molecule has 2 amide bonds. The van der Waals surface area contributed by atoms with Crippen LogP contribution in [0, 0.1) is 12.8 Å². The van der Waals surface area contributed by atoms with Crippen molar-refractivity contribution in [1.29, 1.82) is 0 Å². The van der Waals surface area contributed by atoms with E-state index in [0.717, 1.165) is 35.1 Å². The van der Waals surface area contributed by atoms with E-state index in [1.54, 1.807) is 29.7 Å². The summed E-state index contributed by atoms with van der Waals surface area (Å²) in [5.41, 5.74) is 5.12. The summed E-state index contributed by atoms with van der Waals surface area (Å²) in [6, 6.07) is 16.8. The Balaban J connectivity index is 1.38. The van der Waals surface area contributed by atoms with Crippen LogP contribution >= 0.6 is 0 Å². The van der Waals surface area contributed by atoms with Gasteiger partial charge in [0.25, 0.3) is 5.91 Å². The number of para-hydroxylation sites is 1. The van der Waals surface area contributed by atoms with Crippen LogP contribution in [0.2, 0.25) is 0 Å². The molecule has 8 heteroatoms. The summed E-state index contributed by atoms with van der Waals surface area (Å²) < 4.78 is 5.98. The molecule has 4 rings (SSSR count). The SMILES string of the molecule is Cc1cc(COc2ccc(C(=O)N[C@H]3CNCC[C@H]3CC(=O)NO)cc2)c2ccccc2n1. The standard InChI is InChI=1S/C25H28N4O4/c1-16-12-19(21-4-2-3-5-22(21)27-16)15-33-20-8-6-17(7-9-20)25(31)28-23-14-26-11-10-18(23)13-24(30)29-32/h2-9,12,18,23,26,32H,10-11,13-15H2,1H3,(H,28,31)(H,29,30)/t18-,23-/m0/s1. The second-order valence-corrected chi connectivity index (χ2v) is 8.32. The number of ether oxygens (including phenoxy) is 1. The molecule has 1 aliphatic rings. The van der Waals surface area contributed by atoms with Crippen LogP contribution in [-0.2, 0) is 11.4 Å². The number of hydroxylamine groups is 1. The fraction of sp³-hybridized carbons (Fsp3) is 0.320.